The molecule has 0 aliphatic heterocycles. The molecule has 2 nitrogen and oxygen atoms in total. The number of aliphatic hydroxyl groups is 1. The summed E-state index contributed by atoms with van der Waals surface area (Å²) in [5.41, 5.74) is 1.33. The van der Waals surface area contributed by atoms with Gasteiger partial charge in [-0.25, -0.2) is 4.39 Å². The van der Waals surface area contributed by atoms with Crippen LogP contribution in [0.3, 0.4) is 0 Å². The summed E-state index contributed by atoms with van der Waals surface area (Å²) in [5, 5.41) is 11.9. The predicted molar refractivity (Wildman–Crippen MR) is 81.0 cm³/mol. The second kappa shape index (κ2) is 5.54. The molecule has 3 aromatic carbocycles. The van der Waals surface area contributed by atoms with Crippen molar-refractivity contribution in [2.75, 3.05) is 7.11 Å². The van der Waals surface area contributed by atoms with E-state index < -0.39 is 6.10 Å². The summed E-state index contributed by atoms with van der Waals surface area (Å²) in [6.45, 7) is 0. The first-order chi connectivity index (χ1) is 10.2. The quantitative estimate of drug-likeness (QED) is 0.784. The van der Waals surface area contributed by atoms with Crippen molar-refractivity contribution in [1.29, 1.82) is 0 Å². The van der Waals surface area contributed by atoms with Gasteiger partial charge in [-0.05, 0) is 23.1 Å². The predicted octanol–water partition coefficient (Wildman–Crippen LogP) is 4.07. The topological polar surface area (TPSA) is 29.5 Å². The molecule has 0 saturated carbocycles. The van der Waals surface area contributed by atoms with Gasteiger partial charge in [-0.15, -0.1) is 0 Å². The second-order valence-electron chi connectivity index (χ2n) is 4.83. The minimum atomic E-state index is -0.869. The van der Waals surface area contributed by atoms with E-state index in [2.05, 4.69) is 0 Å². The first kappa shape index (κ1) is 13.6. The molecule has 0 aromatic heterocycles. The van der Waals surface area contributed by atoms with E-state index in [0.29, 0.717) is 27.6 Å². The fourth-order valence-electron chi connectivity index (χ4n) is 2.58. The van der Waals surface area contributed by atoms with Crippen LogP contribution in [0, 0.1) is 5.82 Å². The summed E-state index contributed by atoms with van der Waals surface area (Å²) in [4.78, 5) is 0. The smallest absolute Gasteiger partial charge is 0.131 e. The first-order valence-corrected chi connectivity index (χ1v) is 6.70. The van der Waals surface area contributed by atoms with Crippen molar-refractivity contribution in [1.82, 2.24) is 0 Å². The third kappa shape index (κ3) is 2.36. The van der Waals surface area contributed by atoms with Crippen LogP contribution >= 0.6 is 0 Å². The van der Waals surface area contributed by atoms with Gasteiger partial charge in [0.15, 0.2) is 0 Å². The Labute approximate surface area is 122 Å². The van der Waals surface area contributed by atoms with Gasteiger partial charge in [-0.3, -0.25) is 0 Å². The summed E-state index contributed by atoms with van der Waals surface area (Å²) in [6, 6.07) is 17.4. The summed E-state index contributed by atoms with van der Waals surface area (Å²) in [6.07, 6.45) is -0.869. The highest BCUT2D eigenvalue weighted by molar-refractivity contribution is 5.87. The number of hydrogen-bond acceptors (Lipinski definition) is 2. The molecule has 0 aliphatic rings. The van der Waals surface area contributed by atoms with Crippen LogP contribution in [0.15, 0.2) is 60.7 Å². The highest BCUT2D eigenvalue weighted by Crippen LogP contribution is 2.34. The molecule has 0 aliphatic carbocycles. The highest BCUT2D eigenvalue weighted by atomic mass is 19.1. The van der Waals surface area contributed by atoms with Crippen molar-refractivity contribution in [2.45, 2.75) is 6.10 Å². The molecule has 3 heteroatoms. The van der Waals surface area contributed by atoms with Gasteiger partial charge >= 0.3 is 0 Å². The maximum Gasteiger partial charge on any atom is 0.131 e. The van der Waals surface area contributed by atoms with Crippen molar-refractivity contribution in [2.24, 2.45) is 0 Å². The lowest BCUT2D eigenvalue weighted by Gasteiger charge is -2.17. The Hall–Kier alpha value is -2.39. The number of methoxy groups -OCH3 is 1. The van der Waals surface area contributed by atoms with E-state index in [4.69, 9.17) is 4.74 Å². The van der Waals surface area contributed by atoms with Crippen LogP contribution in [0.1, 0.15) is 17.2 Å². The number of rotatable bonds is 3. The summed E-state index contributed by atoms with van der Waals surface area (Å²) in [7, 11) is 1.56. The van der Waals surface area contributed by atoms with Gasteiger partial charge in [0.1, 0.15) is 17.7 Å². The normalized spacial score (nSPS) is 12.3. The second-order valence-corrected chi connectivity index (χ2v) is 4.83. The van der Waals surface area contributed by atoms with E-state index in [1.165, 1.54) is 6.07 Å². The zero-order valence-electron chi connectivity index (χ0n) is 11.6. The molecule has 106 valence electrons. The lowest BCUT2D eigenvalue weighted by atomic mass is 9.95. The zero-order valence-corrected chi connectivity index (χ0v) is 11.6. The number of ether oxygens (including phenoxy) is 1. The largest absolute Gasteiger partial charge is 0.496 e. The fraction of sp³-hybridized carbons (Fsp3) is 0.111. The molecule has 0 amide bonds. The molecule has 0 spiro atoms. The van der Waals surface area contributed by atoms with Crippen molar-refractivity contribution < 1.29 is 14.2 Å². The molecular weight excluding hydrogens is 267 g/mol. The van der Waals surface area contributed by atoms with E-state index in [1.54, 1.807) is 31.4 Å². The Balaban J connectivity index is 2.18. The standard InChI is InChI=1S/C18H15FO2/c1-21-17-9-5-4-8-15(17)18(20)14-10-11-16(19)13-7-3-2-6-12(13)14/h2-11,18,20H,1H3. The van der Waals surface area contributed by atoms with Crippen LogP contribution in [0.2, 0.25) is 0 Å². The van der Waals surface area contributed by atoms with Crippen molar-refractivity contribution >= 4 is 10.8 Å². The third-order valence-corrected chi connectivity index (χ3v) is 3.63. The first-order valence-electron chi connectivity index (χ1n) is 6.70. The van der Waals surface area contributed by atoms with Crippen LogP contribution in [-0.4, -0.2) is 12.2 Å². The van der Waals surface area contributed by atoms with Crippen LogP contribution in [0.4, 0.5) is 4.39 Å². The molecular formula is C18H15FO2. The van der Waals surface area contributed by atoms with Crippen molar-refractivity contribution in [3.63, 3.8) is 0 Å². The van der Waals surface area contributed by atoms with E-state index >= 15 is 0 Å². The van der Waals surface area contributed by atoms with Crippen molar-refractivity contribution in [3.05, 3.63) is 77.6 Å². The summed E-state index contributed by atoms with van der Waals surface area (Å²) >= 11 is 0. The van der Waals surface area contributed by atoms with E-state index in [0.717, 1.165) is 0 Å². The van der Waals surface area contributed by atoms with Crippen LogP contribution in [0.25, 0.3) is 10.8 Å². The van der Waals surface area contributed by atoms with Crippen LogP contribution in [0.5, 0.6) is 5.75 Å². The number of hydrogen-bond donors (Lipinski definition) is 1. The lowest BCUT2D eigenvalue weighted by molar-refractivity contribution is 0.216. The van der Waals surface area contributed by atoms with Gasteiger partial charge in [-0.1, -0.05) is 48.5 Å². The Morgan fingerprint density at radius 2 is 1.52 bits per heavy atom. The van der Waals surface area contributed by atoms with Gasteiger partial charge in [0.05, 0.1) is 7.11 Å². The summed E-state index contributed by atoms with van der Waals surface area (Å²) < 4.78 is 19.2. The Morgan fingerprint density at radius 1 is 0.857 bits per heavy atom. The molecule has 0 radical (unpaired) electrons. The van der Waals surface area contributed by atoms with Gasteiger partial charge in [-0.2, -0.15) is 0 Å². The fourth-order valence-corrected chi connectivity index (χ4v) is 2.58. The minimum absolute atomic E-state index is 0.290. The Kier molecular flexibility index (Phi) is 3.59. The average molecular weight is 282 g/mol. The monoisotopic (exact) mass is 282 g/mol. The number of aliphatic hydroxyl groups excluding tert-OH is 1. The van der Waals surface area contributed by atoms with Gasteiger partial charge in [0, 0.05) is 10.9 Å². The Bertz CT molecular complexity index is 783. The molecule has 0 bridgehead atoms. The zero-order chi connectivity index (χ0) is 14.8. The van der Waals surface area contributed by atoms with Gasteiger partial charge in [0.25, 0.3) is 0 Å². The van der Waals surface area contributed by atoms with Crippen molar-refractivity contribution in [3.8, 4) is 5.75 Å². The number of benzene rings is 3. The molecule has 21 heavy (non-hydrogen) atoms. The molecule has 3 aromatic rings. The molecule has 1 unspecified atom stereocenters. The molecule has 3 rings (SSSR count). The highest BCUT2D eigenvalue weighted by Gasteiger charge is 2.18. The average Bonchev–Trinajstić information content (AvgIpc) is 2.55. The molecule has 0 saturated heterocycles. The molecule has 1 atom stereocenters. The van der Waals surface area contributed by atoms with Crippen LogP contribution < -0.4 is 4.74 Å². The third-order valence-electron chi connectivity index (χ3n) is 3.63. The van der Waals surface area contributed by atoms with E-state index in [9.17, 15) is 9.50 Å². The van der Waals surface area contributed by atoms with Gasteiger partial charge in [0.2, 0.25) is 0 Å². The van der Waals surface area contributed by atoms with E-state index in [-0.39, 0.29) is 5.82 Å². The molecule has 0 fully saturated rings. The Morgan fingerprint density at radius 3 is 2.29 bits per heavy atom. The number of halogens is 1. The number of fused-ring (bicyclic) bond motifs is 1. The van der Waals surface area contributed by atoms with Gasteiger partial charge < -0.3 is 9.84 Å². The molecule has 1 N–H and O–H groups in total. The molecule has 0 heterocycles. The SMILES string of the molecule is COc1ccccc1C(O)c1ccc(F)c2ccccc12. The lowest BCUT2D eigenvalue weighted by Crippen LogP contribution is -2.03. The summed E-state index contributed by atoms with van der Waals surface area (Å²) in [5.74, 6) is 0.319. The maximum absolute atomic E-state index is 13.9. The maximum atomic E-state index is 13.9. The number of para-hydroxylation sites is 1. The minimum Gasteiger partial charge on any atom is -0.496 e. The van der Waals surface area contributed by atoms with Crippen LogP contribution in [-0.2, 0) is 0 Å². The van der Waals surface area contributed by atoms with E-state index in [1.807, 2.05) is 30.3 Å².